The second-order valence-corrected chi connectivity index (χ2v) is 4.51. The third-order valence-corrected chi connectivity index (χ3v) is 3.87. The Morgan fingerprint density at radius 3 is 2.53 bits per heavy atom. The second-order valence-electron chi connectivity index (χ2n) is 3.10. The standard InChI is InChI=1S/C11H10ClNOS/c1-2-13-11(14)9(12)10(15-13)8-6-4-3-5-7-8/h3-7H,2H2,1H3. The first kappa shape index (κ1) is 10.5. The fourth-order valence-electron chi connectivity index (χ4n) is 1.38. The summed E-state index contributed by atoms with van der Waals surface area (Å²) in [6, 6.07) is 9.73. The van der Waals surface area contributed by atoms with Gasteiger partial charge in [0.05, 0.1) is 4.88 Å². The van der Waals surface area contributed by atoms with Gasteiger partial charge < -0.3 is 0 Å². The summed E-state index contributed by atoms with van der Waals surface area (Å²) in [6.07, 6.45) is 0. The maximum absolute atomic E-state index is 11.6. The van der Waals surface area contributed by atoms with Crippen molar-refractivity contribution in [3.8, 4) is 10.4 Å². The molecule has 2 rings (SSSR count). The second kappa shape index (κ2) is 4.21. The van der Waals surface area contributed by atoms with E-state index in [-0.39, 0.29) is 5.56 Å². The summed E-state index contributed by atoms with van der Waals surface area (Å²) in [5.74, 6) is 0. The summed E-state index contributed by atoms with van der Waals surface area (Å²) < 4.78 is 1.66. The van der Waals surface area contributed by atoms with Crippen LogP contribution in [0.1, 0.15) is 6.92 Å². The molecule has 0 spiro atoms. The van der Waals surface area contributed by atoms with E-state index in [1.807, 2.05) is 37.3 Å². The molecule has 0 bridgehead atoms. The Bertz CT molecular complexity index is 515. The smallest absolute Gasteiger partial charge is 0.267 e. The first-order valence-electron chi connectivity index (χ1n) is 4.69. The molecule has 0 amide bonds. The quantitative estimate of drug-likeness (QED) is 0.789. The lowest BCUT2D eigenvalue weighted by molar-refractivity contribution is 0.810. The Balaban J connectivity index is 2.60. The minimum absolute atomic E-state index is 0.0944. The molecule has 4 heteroatoms. The van der Waals surface area contributed by atoms with Crippen LogP contribution < -0.4 is 5.56 Å². The number of nitrogens with zero attached hydrogens (tertiary/aromatic N) is 1. The van der Waals surface area contributed by atoms with Crippen molar-refractivity contribution < 1.29 is 0 Å². The molecule has 0 aliphatic rings. The summed E-state index contributed by atoms with van der Waals surface area (Å²) >= 11 is 7.42. The lowest BCUT2D eigenvalue weighted by atomic mass is 10.2. The SMILES string of the molecule is CCn1sc(-c2ccccc2)c(Cl)c1=O. The zero-order valence-electron chi connectivity index (χ0n) is 8.24. The molecule has 2 aromatic rings. The molecular weight excluding hydrogens is 230 g/mol. The molecule has 15 heavy (non-hydrogen) atoms. The Morgan fingerprint density at radius 1 is 1.33 bits per heavy atom. The minimum Gasteiger partial charge on any atom is -0.267 e. The van der Waals surface area contributed by atoms with Gasteiger partial charge in [-0.15, -0.1) is 0 Å². The molecule has 0 N–H and O–H groups in total. The maximum Gasteiger partial charge on any atom is 0.280 e. The van der Waals surface area contributed by atoms with E-state index in [4.69, 9.17) is 11.6 Å². The van der Waals surface area contributed by atoms with Gasteiger partial charge in [-0.3, -0.25) is 8.75 Å². The van der Waals surface area contributed by atoms with E-state index in [1.54, 1.807) is 3.96 Å². The summed E-state index contributed by atoms with van der Waals surface area (Å²) in [5.41, 5.74) is 0.903. The van der Waals surface area contributed by atoms with Crippen LogP contribution in [0.5, 0.6) is 0 Å². The lowest BCUT2D eigenvalue weighted by Crippen LogP contribution is -2.11. The van der Waals surface area contributed by atoms with Crippen LogP contribution in [0.2, 0.25) is 5.02 Å². The van der Waals surface area contributed by atoms with E-state index in [0.717, 1.165) is 10.4 Å². The van der Waals surface area contributed by atoms with Gasteiger partial charge in [0.1, 0.15) is 5.02 Å². The average Bonchev–Trinajstić information content (AvgIpc) is 2.57. The largest absolute Gasteiger partial charge is 0.280 e. The summed E-state index contributed by atoms with van der Waals surface area (Å²) in [7, 11) is 0. The molecule has 0 aliphatic heterocycles. The van der Waals surface area contributed by atoms with E-state index in [0.29, 0.717) is 11.6 Å². The van der Waals surface area contributed by atoms with Crippen molar-refractivity contribution in [1.29, 1.82) is 0 Å². The van der Waals surface area contributed by atoms with E-state index < -0.39 is 0 Å². The third-order valence-electron chi connectivity index (χ3n) is 2.14. The molecule has 0 aliphatic carbocycles. The molecule has 1 aromatic heterocycles. The van der Waals surface area contributed by atoms with Gasteiger partial charge in [-0.25, -0.2) is 0 Å². The first-order chi connectivity index (χ1) is 7.24. The molecule has 0 saturated heterocycles. The van der Waals surface area contributed by atoms with Gasteiger partial charge >= 0.3 is 0 Å². The Hall–Kier alpha value is -1.06. The maximum atomic E-state index is 11.6. The number of halogens is 1. The predicted molar refractivity (Wildman–Crippen MR) is 64.7 cm³/mol. The van der Waals surface area contributed by atoms with Gasteiger partial charge in [-0.1, -0.05) is 53.5 Å². The van der Waals surface area contributed by atoms with Crippen molar-refractivity contribution in [2.24, 2.45) is 0 Å². The van der Waals surface area contributed by atoms with E-state index in [2.05, 4.69) is 0 Å². The van der Waals surface area contributed by atoms with Gasteiger partial charge in [-0.2, -0.15) is 0 Å². The molecule has 0 saturated carbocycles. The van der Waals surface area contributed by atoms with Gasteiger partial charge in [0.15, 0.2) is 0 Å². The Morgan fingerprint density at radius 2 is 2.00 bits per heavy atom. The first-order valence-corrected chi connectivity index (χ1v) is 5.84. The minimum atomic E-state index is -0.0944. The number of hydrogen-bond acceptors (Lipinski definition) is 2. The highest BCUT2D eigenvalue weighted by molar-refractivity contribution is 7.11. The molecule has 2 nitrogen and oxygen atoms in total. The van der Waals surface area contributed by atoms with Gasteiger partial charge in [0, 0.05) is 6.54 Å². The van der Waals surface area contributed by atoms with E-state index >= 15 is 0 Å². The lowest BCUT2D eigenvalue weighted by Gasteiger charge is -1.95. The number of hydrogen-bond donors (Lipinski definition) is 0. The van der Waals surface area contributed by atoms with Crippen molar-refractivity contribution in [3.05, 3.63) is 45.7 Å². The molecule has 78 valence electrons. The van der Waals surface area contributed by atoms with Crippen LogP contribution in [0.25, 0.3) is 10.4 Å². The molecule has 0 atom stereocenters. The summed E-state index contributed by atoms with van der Waals surface area (Å²) in [4.78, 5) is 12.5. The molecule has 0 unspecified atom stereocenters. The van der Waals surface area contributed by atoms with Crippen LogP contribution >= 0.6 is 23.1 Å². The number of benzene rings is 1. The monoisotopic (exact) mass is 239 g/mol. The number of aromatic nitrogens is 1. The average molecular weight is 240 g/mol. The van der Waals surface area contributed by atoms with Gasteiger partial charge in [-0.05, 0) is 12.5 Å². The summed E-state index contributed by atoms with van der Waals surface area (Å²) in [5, 5.41) is 0.327. The highest BCUT2D eigenvalue weighted by atomic mass is 35.5. The molecule has 1 aromatic carbocycles. The van der Waals surface area contributed by atoms with Gasteiger partial charge in [0.25, 0.3) is 5.56 Å². The Labute approximate surface area is 96.9 Å². The predicted octanol–water partition coefficient (Wildman–Crippen LogP) is 3.25. The van der Waals surface area contributed by atoms with Crippen molar-refractivity contribution in [2.45, 2.75) is 13.5 Å². The zero-order chi connectivity index (χ0) is 10.8. The fourth-order valence-corrected chi connectivity index (χ4v) is 2.67. The van der Waals surface area contributed by atoms with Crippen molar-refractivity contribution in [3.63, 3.8) is 0 Å². The molecule has 1 heterocycles. The molecule has 0 fully saturated rings. The van der Waals surface area contributed by atoms with Crippen LogP contribution in [-0.4, -0.2) is 3.96 Å². The van der Waals surface area contributed by atoms with Crippen molar-refractivity contribution in [1.82, 2.24) is 3.96 Å². The zero-order valence-corrected chi connectivity index (χ0v) is 9.81. The summed E-state index contributed by atoms with van der Waals surface area (Å²) in [6.45, 7) is 2.60. The topological polar surface area (TPSA) is 22.0 Å². The Kier molecular flexibility index (Phi) is 2.93. The highest BCUT2D eigenvalue weighted by Crippen LogP contribution is 2.29. The van der Waals surface area contributed by atoms with E-state index in [1.165, 1.54) is 11.5 Å². The van der Waals surface area contributed by atoms with Crippen LogP contribution in [-0.2, 0) is 6.54 Å². The number of aryl methyl sites for hydroxylation is 1. The van der Waals surface area contributed by atoms with Gasteiger partial charge in [0.2, 0.25) is 0 Å². The van der Waals surface area contributed by atoms with Crippen LogP contribution in [0.4, 0.5) is 0 Å². The number of rotatable bonds is 2. The molecule has 0 radical (unpaired) electrons. The van der Waals surface area contributed by atoms with Crippen LogP contribution in [0.15, 0.2) is 35.1 Å². The van der Waals surface area contributed by atoms with Crippen molar-refractivity contribution >= 4 is 23.1 Å². The fraction of sp³-hybridized carbons (Fsp3) is 0.182. The third kappa shape index (κ3) is 1.85. The normalized spacial score (nSPS) is 10.5. The van der Waals surface area contributed by atoms with Crippen LogP contribution in [0, 0.1) is 0 Å². The highest BCUT2D eigenvalue weighted by Gasteiger charge is 2.13. The molecular formula is C11H10ClNOS. The van der Waals surface area contributed by atoms with Crippen LogP contribution in [0.3, 0.4) is 0 Å². The van der Waals surface area contributed by atoms with Crippen molar-refractivity contribution in [2.75, 3.05) is 0 Å². The van der Waals surface area contributed by atoms with E-state index in [9.17, 15) is 4.79 Å².